The summed E-state index contributed by atoms with van der Waals surface area (Å²) in [5.41, 5.74) is -1.47. The number of pyridine rings is 1. The third-order valence-electron chi connectivity index (χ3n) is 2.02. The molecule has 0 saturated carbocycles. The van der Waals surface area contributed by atoms with E-state index in [-0.39, 0.29) is 12.2 Å². The largest absolute Gasteiger partial charge is 0.444 e. The van der Waals surface area contributed by atoms with Crippen LogP contribution in [0.15, 0.2) is 12.1 Å². The second kappa shape index (κ2) is 5.87. The van der Waals surface area contributed by atoms with Gasteiger partial charge in [-0.2, -0.15) is 13.2 Å². The van der Waals surface area contributed by atoms with E-state index < -0.39 is 28.6 Å². The number of hydrogen-bond acceptors (Lipinski definition) is 3. The molecule has 0 saturated heterocycles. The molecule has 1 aromatic heterocycles. The van der Waals surface area contributed by atoms with Crippen LogP contribution in [0.1, 0.15) is 32.0 Å². The van der Waals surface area contributed by atoms with Gasteiger partial charge in [0.15, 0.2) is 0 Å². The monoisotopic (exact) mass is 310 g/mol. The predicted octanol–water partition coefficient (Wildman–Crippen LogP) is 3.78. The summed E-state index contributed by atoms with van der Waals surface area (Å²) in [7, 11) is 0. The maximum Gasteiger partial charge on any atom is 0.419 e. The molecule has 0 aliphatic heterocycles. The Balaban J connectivity index is 2.67. The maximum absolute atomic E-state index is 12.5. The van der Waals surface area contributed by atoms with Gasteiger partial charge in [-0.3, -0.25) is 0 Å². The van der Waals surface area contributed by atoms with Crippen LogP contribution in [-0.2, 0) is 17.5 Å². The molecule has 1 N–H and O–H groups in total. The van der Waals surface area contributed by atoms with E-state index in [2.05, 4.69) is 10.3 Å². The lowest BCUT2D eigenvalue weighted by Gasteiger charge is -2.19. The first kappa shape index (κ1) is 16.6. The Morgan fingerprint density at radius 3 is 2.40 bits per heavy atom. The van der Waals surface area contributed by atoms with Gasteiger partial charge in [0.25, 0.3) is 0 Å². The first-order chi connectivity index (χ1) is 8.99. The van der Waals surface area contributed by atoms with Crippen LogP contribution in [0.5, 0.6) is 0 Å². The van der Waals surface area contributed by atoms with E-state index in [9.17, 15) is 18.0 Å². The molecule has 0 unspecified atom stereocenters. The van der Waals surface area contributed by atoms with Gasteiger partial charge in [0, 0.05) is 0 Å². The van der Waals surface area contributed by atoms with Gasteiger partial charge in [-0.1, -0.05) is 11.6 Å². The molecule has 1 amide bonds. The lowest BCUT2D eigenvalue weighted by Crippen LogP contribution is -2.32. The number of carbonyl (C=O) groups is 1. The van der Waals surface area contributed by atoms with E-state index in [1.165, 1.54) is 0 Å². The second-order valence-electron chi connectivity index (χ2n) is 4.99. The number of halogens is 4. The van der Waals surface area contributed by atoms with E-state index in [0.29, 0.717) is 0 Å². The minimum Gasteiger partial charge on any atom is -0.444 e. The summed E-state index contributed by atoms with van der Waals surface area (Å²) in [6, 6.07) is 1.97. The minimum atomic E-state index is -4.55. The fraction of sp³-hybridized carbons (Fsp3) is 0.500. The van der Waals surface area contributed by atoms with Crippen molar-refractivity contribution in [3.63, 3.8) is 0 Å². The molecule has 0 aliphatic carbocycles. The number of rotatable bonds is 2. The fourth-order valence-electron chi connectivity index (χ4n) is 1.26. The van der Waals surface area contributed by atoms with Crippen LogP contribution in [0.3, 0.4) is 0 Å². The van der Waals surface area contributed by atoms with Crippen LogP contribution in [0.25, 0.3) is 0 Å². The second-order valence-corrected chi connectivity index (χ2v) is 5.35. The van der Waals surface area contributed by atoms with Gasteiger partial charge in [-0.25, -0.2) is 9.78 Å². The highest BCUT2D eigenvalue weighted by molar-refractivity contribution is 6.30. The number of ether oxygens (including phenoxy) is 1. The van der Waals surface area contributed by atoms with Crippen molar-refractivity contribution >= 4 is 17.7 Å². The van der Waals surface area contributed by atoms with Crippen molar-refractivity contribution in [1.29, 1.82) is 0 Å². The molecule has 20 heavy (non-hydrogen) atoms. The van der Waals surface area contributed by atoms with Crippen molar-refractivity contribution in [2.45, 2.75) is 39.1 Å². The van der Waals surface area contributed by atoms with Gasteiger partial charge in [0.05, 0.1) is 17.8 Å². The molecule has 0 bridgehead atoms. The van der Waals surface area contributed by atoms with Crippen molar-refractivity contribution in [2.24, 2.45) is 0 Å². The van der Waals surface area contributed by atoms with Crippen LogP contribution in [0.4, 0.5) is 18.0 Å². The highest BCUT2D eigenvalue weighted by Gasteiger charge is 2.33. The van der Waals surface area contributed by atoms with Gasteiger partial charge in [0.1, 0.15) is 10.8 Å². The molecule has 112 valence electrons. The zero-order valence-corrected chi connectivity index (χ0v) is 11.9. The number of alkyl halides is 3. The standard InChI is InChI=1S/C12H14ClF3N2O2/c1-11(2,3)20-10(19)17-6-7-4-5-8(9(13)18-7)12(14,15)16/h4-5H,6H2,1-3H3,(H,17,19). The normalized spacial score (nSPS) is 12.2. The van der Waals surface area contributed by atoms with Crippen LogP contribution in [0.2, 0.25) is 5.15 Å². The molecule has 0 fully saturated rings. The Hall–Kier alpha value is -1.50. The topological polar surface area (TPSA) is 51.2 Å². The number of hydrogen-bond donors (Lipinski definition) is 1. The lowest BCUT2D eigenvalue weighted by molar-refractivity contribution is -0.137. The Morgan fingerprint density at radius 1 is 1.35 bits per heavy atom. The summed E-state index contributed by atoms with van der Waals surface area (Å²) in [6.45, 7) is 5.01. The molecular weight excluding hydrogens is 297 g/mol. The number of aromatic nitrogens is 1. The highest BCUT2D eigenvalue weighted by Crippen LogP contribution is 2.33. The number of carbonyl (C=O) groups excluding carboxylic acids is 1. The molecule has 0 aromatic carbocycles. The summed E-state index contributed by atoms with van der Waals surface area (Å²) >= 11 is 5.46. The summed E-state index contributed by atoms with van der Waals surface area (Å²) in [6.07, 6.45) is -5.24. The molecule has 1 rings (SSSR count). The van der Waals surface area contributed by atoms with Crippen molar-refractivity contribution in [3.05, 3.63) is 28.5 Å². The lowest BCUT2D eigenvalue weighted by atomic mass is 10.2. The molecule has 8 heteroatoms. The Labute approximate surface area is 119 Å². The van der Waals surface area contributed by atoms with Crippen molar-refractivity contribution in [3.8, 4) is 0 Å². The minimum absolute atomic E-state index is 0.0766. The SMILES string of the molecule is CC(C)(C)OC(=O)NCc1ccc(C(F)(F)F)c(Cl)n1. The molecule has 0 atom stereocenters. The number of nitrogens with one attached hydrogen (secondary N) is 1. The molecule has 0 spiro atoms. The quantitative estimate of drug-likeness (QED) is 0.846. The van der Waals surface area contributed by atoms with Gasteiger partial charge in [-0.05, 0) is 32.9 Å². The zero-order chi connectivity index (χ0) is 15.6. The van der Waals surface area contributed by atoms with Crippen LogP contribution in [0, 0.1) is 0 Å². The van der Waals surface area contributed by atoms with Crippen LogP contribution < -0.4 is 5.32 Å². The van der Waals surface area contributed by atoms with E-state index in [4.69, 9.17) is 16.3 Å². The fourth-order valence-corrected chi connectivity index (χ4v) is 1.54. The predicted molar refractivity (Wildman–Crippen MR) is 67.3 cm³/mol. The van der Waals surface area contributed by atoms with Crippen molar-refractivity contribution in [2.75, 3.05) is 0 Å². The molecule has 4 nitrogen and oxygen atoms in total. The van der Waals surface area contributed by atoms with Crippen LogP contribution >= 0.6 is 11.6 Å². The average molecular weight is 311 g/mol. The van der Waals surface area contributed by atoms with Gasteiger partial charge >= 0.3 is 12.3 Å². The first-order valence-corrected chi connectivity index (χ1v) is 6.06. The zero-order valence-electron chi connectivity index (χ0n) is 11.1. The first-order valence-electron chi connectivity index (χ1n) is 5.68. The number of alkyl carbamates (subject to hydrolysis) is 1. The van der Waals surface area contributed by atoms with Gasteiger partial charge in [0.2, 0.25) is 0 Å². The Bertz CT molecular complexity index is 498. The smallest absolute Gasteiger partial charge is 0.419 e. The van der Waals surface area contributed by atoms with E-state index in [0.717, 1.165) is 12.1 Å². The van der Waals surface area contributed by atoms with Gasteiger partial charge in [-0.15, -0.1) is 0 Å². The summed E-state index contributed by atoms with van der Waals surface area (Å²) < 4.78 is 42.4. The summed E-state index contributed by atoms with van der Waals surface area (Å²) in [5.74, 6) is 0. The Morgan fingerprint density at radius 2 is 1.95 bits per heavy atom. The molecule has 0 radical (unpaired) electrons. The van der Waals surface area contributed by atoms with Gasteiger partial charge < -0.3 is 10.1 Å². The Kier molecular flexibility index (Phi) is 4.86. The van der Waals surface area contributed by atoms with Crippen LogP contribution in [-0.4, -0.2) is 16.7 Å². The number of nitrogens with zero attached hydrogens (tertiary/aromatic N) is 1. The maximum atomic E-state index is 12.5. The summed E-state index contributed by atoms with van der Waals surface area (Å²) in [5, 5.41) is 1.73. The molecular formula is C12H14ClF3N2O2. The molecule has 1 heterocycles. The van der Waals surface area contributed by atoms with E-state index >= 15 is 0 Å². The third kappa shape index (κ3) is 5.24. The van der Waals surface area contributed by atoms with Crippen molar-refractivity contribution in [1.82, 2.24) is 10.3 Å². The van der Waals surface area contributed by atoms with E-state index in [1.807, 2.05) is 0 Å². The summed E-state index contributed by atoms with van der Waals surface area (Å²) in [4.78, 5) is 15.0. The average Bonchev–Trinajstić information content (AvgIpc) is 2.22. The highest BCUT2D eigenvalue weighted by atomic mass is 35.5. The number of amides is 1. The molecule has 1 aromatic rings. The third-order valence-corrected chi connectivity index (χ3v) is 2.31. The van der Waals surface area contributed by atoms with Crippen molar-refractivity contribution < 1.29 is 22.7 Å². The van der Waals surface area contributed by atoms with E-state index in [1.54, 1.807) is 20.8 Å². The molecule has 0 aliphatic rings.